The first-order chi connectivity index (χ1) is 9.67. The van der Waals surface area contributed by atoms with Crippen LogP contribution in [0.15, 0.2) is 24.3 Å². The monoisotopic (exact) mass is 289 g/mol. The van der Waals surface area contributed by atoms with Crippen LogP contribution < -0.4 is 5.32 Å². The van der Waals surface area contributed by atoms with Crippen molar-refractivity contribution >= 4 is 11.5 Å². The Balaban J connectivity index is 2.36. The van der Waals surface area contributed by atoms with Crippen LogP contribution in [0, 0.1) is 0 Å². The van der Waals surface area contributed by atoms with Crippen molar-refractivity contribution in [2.75, 3.05) is 6.54 Å². The molecule has 0 bridgehead atoms. The lowest BCUT2D eigenvalue weighted by Crippen LogP contribution is -2.22. The lowest BCUT2D eigenvalue weighted by molar-refractivity contribution is 0.626. The highest BCUT2D eigenvalue weighted by Gasteiger charge is 2.21. The van der Waals surface area contributed by atoms with Gasteiger partial charge in [-0.1, -0.05) is 56.4 Å². The first-order valence-corrected chi connectivity index (χ1v) is 8.09. The predicted octanol–water partition coefficient (Wildman–Crippen LogP) is 3.92. The van der Waals surface area contributed by atoms with Gasteiger partial charge in [0, 0.05) is 0 Å². The van der Waals surface area contributed by atoms with Crippen LogP contribution in [0.3, 0.4) is 0 Å². The zero-order valence-electron chi connectivity index (χ0n) is 12.7. The molecular formula is C16H23N3S. The second-order valence-corrected chi connectivity index (χ2v) is 6.05. The highest BCUT2D eigenvalue weighted by atomic mass is 32.1. The van der Waals surface area contributed by atoms with Crippen LogP contribution in [-0.2, 0) is 6.42 Å². The van der Waals surface area contributed by atoms with Crippen LogP contribution in [0.4, 0.5) is 0 Å². The van der Waals surface area contributed by atoms with Gasteiger partial charge in [-0.05, 0) is 41.5 Å². The van der Waals surface area contributed by atoms with E-state index >= 15 is 0 Å². The molecule has 3 nitrogen and oxygen atoms in total. The summed E-state index contributed by atoms with van der Waals surface area (Å²) in [5.41, 5.74) is 3.77. The Hall–Kier alpha value is -1.26. The van der Waals surface area contributed by atoms with Crippen molar-refractivity contribution in [2.24, 2.45) is 0 Å². The third-order valence-electron chi connectivity index (χ3n) is 3.48. The maximum absolute atomic E-state index is 4.31. The average molecular weight is 289 g/mol. The van der Waals surface area contributed by atoms with Gasteiger partial charge >= 0.3 is 0 Å². The van der Waals surface area contributed by atoms with Gasteiger partial charge in [0.15, 0.2) is 0 Å². The third kappa shape index (κ3) is 3.25. The van der Waals surface area contributed by atoms with E-state index in [4.69, 9.17) is 0 Å². The van der Waals surface area contributed by atoms with Crippen molar-refractivity contribution in [2.45, 2.75) is 46.1 Å². The van der Waals surface area contributed by atoms with Crippen LogP contribution in [0.1, 0.15) is 61.4 Å². The van der Waals surface area contributed by atoms with Crippen LogP contribution in [0.25, 0.3) is 0 Å². The number of hydrogen-bond donors (Lipinski definition) is 1. The minimum atomic E-state index is 0.198. The Bertz CT molecular complexity index is 531. The maximum atomic E-state index is 4.31. The van der Waals surface area contributed by atoms with Crippen molar-refractivity contribution in [1.82, 2.24) is 14.9 Å². The van der Waals surface area contributed by atoms with E-state index in [0.717, 1.165) is 18.7 Å². The fourth-order valence-electron chi connectivity index (χ4n) is 2.32. The van der Waals surface area contributed by atoms with E-state index in [1.54, 1.807) is 0 Å². The number of aromatic nitrogens is 2. The quantitative estimate of drug-likeness (QED) is 0.875. The van der Waals surface area contributed by atoms with Gasteiger partial charge in [0.2, 0.25) is 0 Å². The lowest BCUT2D eigenvalue weighted by Gasteiger charge is -2.19. The van der Waals surface area contributed by atoms with Crippen LogP contribution in [0.2, 0.25) is 0 Å². The number of nitrogens with one attached hydrogen (secondary N) is 1. The molecule has 0 aliphatic rings. The van der Waals surface area contributed by atoms with Gasteiger partial charge in [0.25, 0.3) is 0 Å². The Labute approximate surface area is 125 Å². The van der Waals surface area contributed by atoms with Gasteiger partial charge in [-0.2, -0.15) is 0 Å². The SMILES string of the molecule is CCNC(c1ccc(CC)cc1)c1snnc1C(C)C. The summed E-state index contributed by atoms with van der Waals surface area (Å²) in [6.45, 7) is 9.58. The highest BCUT2D eigenvalue weighted by molar-refractivity contribution is 7.05. The van der Waals surface area contributed by atoms with Crippen LogP contribution in [0.5, 0.6) is 0 Å². The van der Waals surface area contributed by atoms with Gasteiger partial charge in [-0.15, -0.1) is 5.10 Å². The molecule has 1 unspecified atom stereocenters. The number of aryl methyl sites for hydroxylation is 1. The maximum Gasteiger partial charge on any atom is 0.0832 e. The molecule has 1 heterocycles. The molecule has 2 rings (SSSR count). The molecule has 0 aliphatic carbocycles. The van der Waals surface area contributed by atoms with E-state index in [1.165, 1.54) is 27.5 Å². The summed E-state index contributed by atoms with van der Waals surface area (Å²) in [5.74, 6) is 0.403. The molecule has 0 spiro atoms. The molecule has 0 fully saturated rings. The fraction of sp³-hybridized carbons (Fsp3) is 0.500. The zero-order valence-corrected chi connectivity index (χ0v) is 13.5. The molecule has 0 amide bonds. The Kier molecular flexibility index (Phi) is 5.26. The van der Waals surface area contributed by atoms with E-state index in [0.29, 0.717) is 5.92 Å². The molecule has 0 radical (unpaired) electrons. The number of nitrogens with zero attached hydrogens (tertiary/aromatic N) is 2. The molecule has 1 aromatic heterocycles. The second-order valence-electron chi connectivity index (χ2n) is 5.26. The summed E-state index contributed by atoms with van der Waals surface area (Å²) in [6.07, 6.45) is 1.07. The van der Waals surface area contributed by atoms with Crippen molar-refractivity contribution in [3.05, 3.63) is 46.0 Å². The molecule has 1 atom stereocenters. The summed E-state index contributed by atoms with van der Waals surface area (Å²) in [7, 11) is 0. The predicted molar refractivity (Wildman–Crippen MR) is 85.3 cm³/mol. The third-order valence-corrected chi connectivity index (χ3v) is 4.28. The van der Waals surface area contributed by atoms with E-state index in [2.05, 4.69) is 66.9 Å². The van der Waals surface area contributed by atoms with Crippen LogP contribution in [-0.4, -0.2) is 16.1 Å². The van der Waals surface area contributed by atoms with Crippen molar-refractivity contribution in [3.8, 4) is 0 Å². The molecule has 0 saturated carbocycles. The summed E-state index contributed by atoms with van der Waals surface area (Å²) in [6, 6.07) is 9.06. The van der Waals surface area contributed by atoms with Gasteiger partial charge in [-0.3, -0.25) is 0 Å². The number of hydrogen-bond acceptors (Lipinski definition) is 4. The van der Waals surface area contributed by atoms with E-state index in [9.17, 15) is 0 Å². The standard InChI is InChI=1S/C16H23N3S/c1-5-12-7-9-13(10-8-12)15(17-6-2)16-14(11(3)4)18-19-20-16/h7-11,15,17H,5-6H2,1-4H3. The number of rotatable bonds is 6. The summed E-state index contributed by atoms with van der Waals surface area (Å²) in [5, 5.41) is 7.87. The van der Waals surface area contributed by atoms with Crippen molar-refractivity contribution < 1.29 is 0 Å². The topological polar surface area (TPSA) is 37.8 Å². The first kappa shape index (κ1) is 15.1. The van der Waals surface area contributed by atoms with Gasteiger partial charge < -0.3 is 5.32 Å². The summed E-state index contributed by atoms with van der Waals surface area (Å²) in [4.78, 5) is 1.24. The largest absolute Gasteiger partial charge is 0.306 e. The Morgan fingerprint density at radius 1 is 1.15 bits per heavy atom. The van der Waals surface area contributed by atoms with E-state index in [-0.39, 0.29) is 6.04 Å². The molecular weight excluding hydrogens is 266 g/mol. The molecule has 0 saturated heterocycles. The zero-order chi connectivity index (χ0) is 14.5. The molecule has 4 heteroatoms. The van der Waals surface area contributed by atoms with Gasteiger partial charge in [-0.25, -0.2) is 0 Å². The normalized spacial score (nSPS) is 12.8. The molecule has 1 N–H and O–H groups in total. The van der Waals surface area contributed by atoms with Gasteiger partial charge in [0.05, 0.1) is 16.6 Å². The fourth-order valence-corrected chi connectivity index (χ4v) is 3.23. The highest BCUT2D eigenvalue weighted by Crippen LogP contribution is 2.30. The van der Waals surface area contributed by atoms with Crippen molar-refractivity contribution in [1.29, 1.82) is 0 Å². The Morgan fingerprint density at radius 2 is 1.85 bits per heavy atom. The minimum Gasteiger partial charge on any atom is -0.306 e. The number of benzene rings is 1. The van der Waals surface area contributed by atoms with Crippen LogP contribution >= 0.6 is 11.5 Å². The van der Waals surface area contributed by atoms with E-state index in [1.807, 2.05) is 0 Å². The summed E-state index contributed by atoms with van der Waals surface area (Å²) >= 11 is 1.51. The molecule has 1 aromatic carbocycles. The Morgan fingerprint density at radius 3 is 2.40 bits per heavy atom. The molecule has 20 heavy (non-hydrogen) atoms. The lowest BCUT2D eigenvalue weighted by atomic mass is 9.99. The second kappa shape index (κ2) is 6.95. The molecule has 108 valence electrons. The van der Waals surface area contributed by atoms with Gasteiger partial charge in [0.1, 0.15) is 0 Å². The first-order valence-electron chi connectivity index (χ1n) is 7.31. The average Bonchev–Trinajstić information content (AvgIpc) is 2.94. The molecule has 2 aromatic rings. The van der Waals surface area contributed by atoms with Crippen molar-refractivity contribution in [3.63, 3.8) is 0 Å². The molecule has 0 aliphatic heterocycles. The van der Waals surface area contributed by atoms with E-state index < -0.39 is 0 Å². The smallest absolute Gasteiger partial charge is 0.0832 e. The minimum absolute atomic E-state index is 0.198. The summed E-state index contributed by atoms with van der Waals surface area (Å²) < 4.78 is 4.16.